The summed E-state index contributed by atoms with van der Waals surface area (Å²) in [5.41, 5.74) is 0. The largest absolute Gasteiger partial charge is 0.0928 e. The summed E-state index contributed by atoms with van der Waals surface area (Å²) in [7, 11) is 0. The summed E-state index contributed by atoms with van der Waals surface area (Å²) >= 11 is 7.33. The minimum Gasteiger partial charge on any atom is -0.0928 e. The number of halogens is 2. The second kappa shape index (κ2) is 6.47. The van der Waals surface area contributed by atoms with Gasteiger partial charge in [0.15, 0.2) is 0 Å². The topological polar surface area (TPSA) is 0 Å². The lowest BCUT2D eigenvalue weighted by Crippen LogP contribution is -2.20. The van der Waals surface area contributed by atoms with Crippen LogP contribution in [0.5, 0.6) is 0 Å². The molecule has 0 aromatic heterocycles. The van der Waals surface area contributed by atoms with Crippen molar-refractivity contribution in [2.75, 3.05) is 5.33 Å². The fourth-order valence-corrected chi connectivity index (χ4v) is 3.72. The highest BCUT2D eigenvalue weighted by Gasteiger charge is 2.22. The van der Waals surface area contributed by atoms with Crippen LogP contribution in [0, 0.1) is 0 Å². The first kappa shape index (κ1) is 12.0. The number of rotatable bonds is 6. The van der Waals surface area contributed by atoms with Gasteiger partial charge in [0.2, 0.25) is 0 Å². The van der Waals surface area contributed by atoms with Crippen molar-refractivity contribution in [3.8, 4) is 0 Å². The van der Waals surface area contributed by atoms with Crippen LogP contribution in [0.2, 0.25) is 0 Å². The molecule has 0 rings (SSSR count). The summed E-state index contributed by atoms with van der Waals surface area (Å²) < 4.78 is 0.417. The van der Waals surface area contributed by atoms with Gasteiger partial charge < -0.3 is 0 Å². The Labute approximate surface area is 87.4 Å². The van der Waals surface area contributed by atoms with Crippen LogP contribution in [0.4, 0.5) is 0 Å². The second-order valence-corrected chi connectivity index (χ2v) is 5.57. The Kier molecular flexibility index (Phi) is 7.04. The van der Waals surface area contributed by atoms with E-state index >= 15 is 0 Å². The van der Waals surface area contributed by atoms with Crippen molar-refractivity contribution in [2.45, 2.75) is 50.3 Å². The van der Waals surface area contributed by atoms with E-state index < -0.39 is 0 Å². The highest BCUT2D eigenvalue weighted by Crippen LogP contribution is 2.33. The van der Waals surface area contributed by atoms with Crippen LogP contribution in [-0.2, 0) is 0 Å². The summed E-state index contributed by atoms with van der Waals surface area (Å²) in [5.74, 6) is 0. The molecule has 0 spiro atoms. The lowest BCUT2D eigenvalue weighted by Gasteiger charge is -2.25. The molecule has 0 bridgehead atoms. The Bertz CT molecular complexity index is 74.5. The molecule has 11 heavy (non-hydrogen) atoms. The standard InChI is InChI=1S/C9H18Br2/c1-3-5-9(11,6-4-2)7-8-10/h3-8H2,1-2H3. The predicted octanol–water partition coefficient (Wildman–Crippen LogP) is 4.51. The average Bonchev–Trinajstić information content (AvgIpc) is 1.88. The molecule has 0 aromatic rings. The maximum absolute atomic E-state index is 3.84. The molecule has 2 heteroatoms. The molecule has 0 saturated heterocycles. The third kappa shape index (κ3) is 5.24. The first-order chi connectivity index (χ1) is 5.18. The fourth-order valence-electron chi connectivity index (χ4n) is 1.44. The Hall–Kier alpha value is 0.960. The van der Waals surface area contributed by atoms with Gasteiger partial charge in [-0.25, -0.2) is 0 Å². The van der Waals surface area contributed by atoms with Gasteiger partial charge in [0, 0.05) is 9.65 Å². The van der Waals surface area contributed by atoms with Gasteiger partial charge in [-0.1, -0.05) is 58.5 Å². The Balaban J connectivity index is 3.79. The van der Waals surface area contributed by atoms with Gasteiger partial charge in [-0.2, -0.15) is 0 Å². The first-order valence-corrected chi connectivity index (χ1v) is 6.35. The molecule has 0 nitrogen and oxygen atoms in total. The molecule has 0 aliphatic rings. The van der Waals surface area contributed by atoms with Gasteiger partial charge >= 0.3 is 0 Å². The van der Waals surface area contributed by atoms with Crippen LogP contribution >= 0.6 is 31.9 Å². The highest BCUT2D eigenvalue weighted by molar-refractivity contribution is 9.10. The maximum Gasteiger partial charge on any atom is 0.0265 e. The molecule has 0 amide bonds. The molecule has 0 radical (unpaired) electrons. The first-order valence-electron chi connectivity index (χ1n) is 4.43. The smallest absolute Gasteiger partial charge is 0.0265 e. The zero-order valence-electron chi connectivity index (χ0n) is 7.50. The Morgan fingerprint density at radius 3 is 1.73 bits per heavy atom. The molecule has 0 heterocycles. The van der Waals surface area contributed by atoms with Crippen LogP contribution < -0.4 is 0 Å². The van der Waals surface area contributed by atoms with E-state index in [1.54, 1.807) is 0 Å². The minimum atomic E-state index is 0.417. The van der Waals surface area contributed by atoms with Crippen LogP contribution in [0.1, 0.15) is 46.0 Å². The molecule has 0 aliphatic carbocycles. The molecule has 0 fully saturated rings. The van der Waals surface area contributed by atoms with Gasteiger partial charge in [0.25, 0.3) is 0 Å². The summed E-state index contributed by atoms with van der Waals surface area (Å²) in [6.07, 6.45) is 6.39. The molecule has 0 aromatic carbocycles. The highest BCUT2D eigenvalue weighted by atomic mass is 79.9. The zero-order chi connectivity index (χ0) is 8.74. The Morgan fingerprint density at radius 2 is 1.45 bits per heavy atom. The van der Waals surface area contributed by atoms with Crippen molar-refractivity contribution >= 4 is 31.9 Å². The van der Waals surface area contributed by atoms with E-state index in [-0.39, 0.29) is 0 Å². The lowest BCUT2D eigenvalue weighted by molar-refractivity contribution is 0.491. The van der Waals surface area contributed by atoms with E-state index in [1.807, 2.05) is 0 Å². The minimum absolute atomic E-state index is 0.417. The molecule has 0 aliphatic heterocycles. The van der Waals surface area contributed by atoms with Crippen LogP contribution in [0.25, 0.3) is 0 Å². The van der Waals surface area contributed by atoms with Crippen molar-refractivity contribution in [2.24, 2.45) is 0 Å². The molecule has 0 unspecified atom stereocenters. The zero-order valence-corrected chi connectivity index (χ0v) is 10.7. The summed E-state index contributed by atoms with van der Waals surface area (Å²) in [5, 5.41) is 1.11. The predicted molar refractivity (Wildman–Crippen MR) is 59.9 cm³/mol. The van der Waals surface area contributed by atoms with Gasteiger partial charge in [0.1, 0.15) is 0 Å². The number of alkyl halides is 2. The average molecular weight is 286 g/mol. The molecule has 0 N–H and O–H groups in total. The molecular weight excluding hydrogens is 268 g/mol. The van der Waals surface area contributed by atoms with E-state index in [0.717, 1.165) is 5.33 Å². The molecule has 68 valence electrons. The van der Waals surface area contributed by atoms with Crippen molar-refractivity contribution in [1.29, 1.82) is 0 Å². The monoisotopic (exact) mass is 284 g/mol. The second-order valence-electron chi connectivity index (χ2n) is 3.09. The number of hydrogen-bond donors (Lipinski definition) is 0. The van der Waals surface area contributed by atoms with E-state index in [1.165, 1.54) is 32.1 Å². The summed E-state index contributed by atoms with van der Waals surface area (Å²) in [6, 6.07) is 0. The van der Waals surface area contributed by atoms with E-state index in [9.17, 15) is 0 Å². The normalized spacial score (nSPS) is 12.0. The van der Waals surface area contributed by atoms with Gasteiger partial charge in [0.05, 0.1) is 0 Å². The van der Waals surface area contributed by atoms with Crippen molar-refractivity contribution in [3.05, 3.63) is 0 Å². The molecular formula is C9H18Br2. The molecule has 0 atom stereocenters. The number of hydrogen-bond acceptors (Lipinski definition) is 0. The third-order valence-corrected chi connectivity index (χ3v) is 3.52. The fraction of sp³-hybridized carbons (Fsp3) is 1.00. The SMILES string of the molecule is CCCC(Br)(CCC)CCBr. The van der Waals surface area contributed by atoms with E-state index in [0.29, 0.717) is 4.32 Å². The summed E-state index contributed by atoms with van der Waals surface area (Å²) in [6.45, 7) is 4.50. The van der Waals surface area contributed by atoms with E-state index in [4.69, 9.17) is 0 Å². The van der Waals surface area contributed by atoms with E-state index in [2.05, 4.69) is 45.7 Å². The van der Waals surface area contributed by atoms with Crippen LogP contribution in [-0.4, -0.2) is 9.65 Å². The summed E-state index contributed by atoms with van der Waals surface area (Å²) in [4.78, 5) is 0. The van der Waals surface area contributed by atoms with Crippen molar-refractivity contribution < 1.29 is 0 Å². The maximum atomic E-state index is 3.84. The van der Waals surface area contributed by atoms with Gasteiger partial charge in [-0.05, 0) is 19.3 Å². The Morgan fingerprint density at radius 1 is 1.00 bits per heavy atom. The lowest BCUT2D eigenvalue weighted by atomic mass is 9.95. The third-order valence-electron chi connectivity index (χ3n) is 1.94. The van der Waals surface area contributed by atoms with Crippen molar-refractivity contribution in [3.63, 3.8) is 0 Å². The van der Waals surface area contributed by atoms with Crippen LogP contribution in [0.3, 0.4) is 0 Å². The van der Waals surface area contributed by atoms with Crippen molar-refractivity contribution in [1.82, 2.24) is 0 Å². The molecule has 0 saturated carbocycles. The van der Waals surface area contributed by atoms with Gasteiger partial charge in [-0.3, -0.25) is 0 Å². The quantitative estimate of drug-likeness (QED) is 0.630. The van der Waals surface area contributed by atoms with Gasteiger partial charge in [-0.15, -0.1) is 0 Å². The van der Waals surface area contributed by atoms with Crippen LogP contribution in [0.15, 0.2) is 0 Å².